The van der Waals surface area contributed by atoms with E-state index < -0.39 is 6.61 Å². The van der Waals surface area contributed by atoms with E-state index in [9.17, 15) is 13.6 Å². The van der Waals surface area contributed by atoms with Gasteiger partial charge in [-0.3, -0.25) is 4.79 Å². The van der Waals surface area contributed by atoms with Gasteiger partial charge in [0.25, 0.3) is 0 Å². The van der Waals surface area contributed by atoms with Gasteiger partial charge < -0.3 is 14.6 Å². The number of halogens is 3. The third kappa shape index (κ3) is 6.89. The van der Waals surface area contributed by atoms with Gasteiger partial charge in [-0.1, -0.05) is 82.3 Å². The van der Waals surface area contributed by atoms with Gasteiger partial charge in [-0.25, -0.2) is 0 Å². The predicted molar refractivity (Wildman–Crippen MR) is 136 cm³/mol. The number of ether oxygens (including phenoxy) is 1. The number of hydrogen-bond donors (Lipinski definition) is 1. The summed E-state index contributed by atoms with van der Waals surface area (Å²) in [6.07, 6.45) is 0.764. The van der Waals surface area contributed by atoms with E-state index in [-0.39, 0.29) is 23.1 Å². The van der Waals surface area contributed by atoms with Crippen molar-refractivity contribution < 1.29 is 18.3 Å². The number of alkyl halides is 2. The van der Waals surface area contributed by atoms with E-state index in [0.29, 0.717) is 17.5 Å². The molecule has 0 radical (unpaired) electrons. The van der Waals surface area contributed by atoms with Gasteiger partial charge in [0.2, 0.25) is 5.91 Å². The summed E-state index contributed by atoms with van der Waals surface area (Å²) in [6, 6.07) is 23.9. The van der Waals surface area contributed by atoms with Crippen molar-refractivity contribution >= 4 is 39.3 Å². The van der Waals surface area contributed by atoms with E-state index in [2.05, 4.69) is 48.3 Å². The van der Waals surface area contributed by atoms with Gasteiger partial charge in [-0.2, -0.15) is 8.78 Å². The number of hydrogen-bond acceptors (Lipinski definition) is 5. The smallest absolute Gasteiger partial charge is 0.387 e. The molecule has 0 bridgehead atoms. The summed E-state index contributed by atoms with van der Waals surface area (Å²) in [4.78, 5) is 12.6. The number of carbonyl (C=O) groups excluding carboxylic acids is 1. The number of carbonyl (C=O) groups is 1. The lowest BCUT2D eigenvalue weighted by atomic mass is 10.1. The van der Waals surface area contributed by atoms with Crippen molar-refractivity contribution in [1.29, 1.82) is 0 Å². The zero-order chi connectivity index (χ0) is 24.6. The molecule has 1 heterocycles. The van der Waals surface area contributed by atoms with Crippen molar-refractivity contribution in [1.82, 2.24) is 14.8 Å². The minimum absolute atomic E-state index is 0.0207. The molecule has 1 aromatic heterocycles. The molecule has 0 fully saturated rings. The summed E-state index contributed by atoms with van der Waals surface area (Å²) < 4.78 is 32.7. The third-order valence-corrected chi connectivity index (χ3v) is 6.49. The number of nitrogens with one attached hydrogen (secondary N) is 1. The fourth-order valence-electron chi connectivity index (χ4n) is 3.38. The molecule has 1 amide bonds. The maximum atomic E-state index is 12.7. The average molecular weight is 559 g/mol. The number of para-hydroxylation sites is 2. The summed E-state index contributed by atoms with van der Waals surface area (Å²) in [6.45, 7) is -2.36. The molecule has 180 valence electrons. The molecular weight excluding hydrogens is 538 g/mol. The monoisotopic (exact) mass is 558 g/mol. The van der Waals surface area contributed by atoms with E-state index in [1.807, 2.05) is 47.0 Å². The van der Waals surface area contributed by atoms with Gasteiger partial charge in [0, 0.05) is 16.6 Å². The quantitative estimate of drug-likeness (QED) is 0.232. The highest BCUT2D eigenvalue weighted by Crippen LogP contribution is 2.28. The van der Waals surface area contributed by atoms with Crippen molar-refractivity contribution in [2.75, 3.05) is 11.1 Å². The number of amides is 1. The highest BCUT2D eigenvalue weighted by Gasteiger charge is 2.17. The Labute approximate surface area is 213 Å². The van der Waals surface area contributed by atoms with Crippen molar-refractivity contribution in [3.05, 3.63) is 88.9 Å². The largest absolute Gasteiger partial charge is 0.433 e. The van der Waals surface area contributed by atoms with Crippen LogP contribution in [0.2, 0.25) is 0 Å². The maximum Gasteiger partial charge on any atom is 0.387 e. The number of anilines is 1. The van der Waals surface area contributed by atoms with E-state index in [1.54, 1.807) is 12.1 Å². The maximum absolute atomic E-state index is 12.7. The van der Waals surface area contributed by atoms with Crippen LogP contribution in [0.5, 0.6) is 5.75 Å². The molecule has 0 unspecified atom stereocenters. The first-order valence-corrected chi connectivity index (χ1v) is 12.5. The van der Waals surface area contributed by atoms with Gasteiger partial charge in [-0.05, 0) is 36.2 Å². The summed E-state index contributed by atoms with van der Waals surface area (Å²) in [5.41, 5.74) is 2.26. The number of thioether (sulfide) groups is 1. The first-order valence-electron chi connectivity index (χ1n) is 10.7. The van der Waals surface area contributed by atoms with Crippen LogP contribution in [0.15, 0.2) is 88.5 Å². The standard InChI is InChI=1S/C25H21BrF2N4O2S/c26-19-12-10-18(11-13-19)23-30-31-25(32(23)15-14-17-6-2-1-3-7-17)35-16-22(33)29-20-8-4-5-9-21(20)34-24(27)28/h1-13,24H,14-16H2,(H,29,33). The van der Waals surface area contributed by atoms with E-state index in [0.717, 1.165) is 16.5 Å². The SMILES string of the molecule is O=C(CSc1nnc(-c2ccc(Br)cc2)n1CCc1ccccc1)Nc1ccccc1OC(F)F. The Morgan fingerprint density at radius 1 is 1.00 bits per heavy atom. The van der Waals surface area contributed by atoms with Crippen LogP contribution in [0.3, 0.4) is 0 Å². The van der Waals surface area contributed by atoms with E-state index in [4.69, 9.17) is 0 Å². The van der Waals surface area contributed by atoms with Crippen LogP contribution >= 0.6 is 27.7 Å². The molecule has 4 aromatic rings. The Morgan fingerprint density at radius 2 is 1.71 bits per heavy atom. The Morgan fingerprint density at radius 3 is 2.46 bits per heavy atom. The average Bonchev–Trinajstić information content (AvgIpc) is 3.26. The van der Waals surface area contributed by atoms with Gasteiger partial charge in [0.15, 0.2) is 11.0 Å². The molecule has 0 aliphatic heterocycles. The lowest BCUT2D eigenvalue weighted by molar-refractivity contribution is -0.113. The van der Waals surface area contributed by atoms with Crippen LogP contribution in [0.4, 0.5) is 14.5 Å². The number of aryl methyl sites for hydroxylation is 1. The van der Waals surface area contributed by atoms with Crippen molar-refractivity contribution in [3.63, 3.8) is 0 Å². The van der Waals surface area contributed by atoms with Crippen LogP contribution in [-0.2, 0) is 17.8 Å². The molecule has 0 atom stereocenters. The topological polar surface area (TPSA) is 69.0 Å². The van der Waals surface area contributed by atoms with Crippen LogP contribution < -0.4 is 10.1 Å². The Bertz CT molecular complexity index is 1270. The molecule has 3 aromatic carbocycles. The fraction of sp³-hybridized carbons (Fsp3) is 0.160. The molecule has 6 nitrogen and oxygen atoms in total. The molecule has 35 heavy (non-hydrogen) atoms. The van der Waals surface area contributed by atoms with E-state index in [1.165, 1.54) is 29.5 Å². The second kappa shape index (κ2) is 11.9. The van der Waals surface area contributed by atoms with Gasteiger partial charge >= 0.3 is 6.61 Å². The van der Waals surface area contributed by atoms with Gasteiger partial charge in [-0.15, -0.1) is 10.2 Å². The first kappa shape index (κ1) is 24.9. The molecule has 0 aliphatic rings. The molecular formula is C25H21BrF2N4O2S. The Kier molecular flexibility index (Phi) is 8.49. The predicted octanol–water partition coefficient (Wildman–Crippen LogP) is 6.28. The minimum Gasteiger partial charge on any atom is -0.433 e. The zero-order valence-corrected chi connectivity index (χ0v) is 20.8. The summed E-state index contributed by atoms with van der Waals surface area (Å²) >= 11 is 4.67. The van der Waals surface area contributed by atoms with Crippen molar-refractivity contribution in [3.8, 4) is 17.1 Å². The molecule has 0 spiro atoms. The lowest BCUT2D eigenvalue weighted by Gasteiger charge is -2.12. The second-order valence-electron chi connectivity index (χ2n) is 7.41. The summed E-state index contributed by atoms with van der Waals surface area (Å²) in [5.74, 6) is 0.256. The number of rotatable bonds is 10. The Balaban J connectivity index is 1.49. The van der Waals surface area contributed by atoms with Crippen LogP contribution in [0, 0.1) is 0 Å². The summed E-state index contributed by atoms with van der Waals surface area (Å²) in [7, 11) is 0. The Hall–Kier alpha value is -3.24. The highest BCUT2D eigenvalue weighted by molar-refractivity contribution is 9.10. The lowest BCUT2D eigenvalue weighted by Crippen LogP contribution is -2.16. The van der Waals surface area contributed by atoms with Crippen molar-refractivity contribution in [2.24, 2.45) is 0 Å². The summed E-state index contributed by atoms with van der Waals surface area (Å²) in [5, 5.41) is 11.9. The first-order chi connectivity index (χ1) is 17.0. The molecule has 4 rings (SSSR count). The number of aromatic nitrogens is 3. The molecule has 0 aliphatic carbocycles. The van der Waals surface area contributed by atoms with Crippen molar-refractivity contribution in [2.45, 2.75) is 24.7 Å². The number of benzene rings is 3. The minimum atomic E-state index is -2.98. The highest BCUT2D eigenvalue weighted by atomic mass is 79.9. The van der Waals surface area contributed by atoms with E-state index >= 15 is 0 Å². The van der Waals surface area contributed by atoms with Gasteiger partial charge in [0.1, 0.15) is 5.75 Å². The molecule has 0 saturated carbocycles. The molecule has 0 saturated heterocycles. The zero-order valence-electron chi connectivity index (χ0n) is 18.4. The normalized spacial score (nSPS) is 11.0. The second-order valence-corrected chi connectivity index (χ2v) is 9.27. The fourth-order valence-corrected chi connectivity index (χ4v) is 4.41. The third-order valence-electron chi connectivity index (χ3n) is 5.00. The molecule has 10 heteroatoms. The number of nitrogens with zero attached hydrogens (tertiary/aromatic N) is 3. The van der Waals surface area contributed by atoms with Crippen LogP contribution in [0.25, 0.3) is 11.4 Å². The van der Waals surface area contributed by atoms with Crippen LogP contribution in [0.1, 0.15) is 5.56 Å². The van der Waals surface area contributed by atoms with Crippen LogP contribution in [-0.4, -0.2) is 33.0 Å². The molecule has 1 N–H and O–H groups in total. The van der Waals surface area contributed by atoms with Gasteiger partial charge in [0.05, 0.1) is 11.4 Å².